The maximum Gasteiger partial charge on any atom is 0.216 e. The zero-order valence-corrected chi connectivity index (χ0v) is 16.0. The Morgan fingerprint density at radius 1 is 1.16 bits per heavy atom. The van der Waals surface area contributed by atoms with Crippen molar-refractivity contribution in [1.82, 2.24) is 14.9 Å². The number of aromatic nitrogens is 3. The quantitative estimate of drug-likeness (QED) is 0.343. The Morgan fingerprint density at radius 3 is 2.76 bits per heavy atom. The summed E-state index contributed by atoms with van der Waals surface area (Å²) < 4.78 is 8.14. The molecular weight excluding hydrogens is 332 g/mol. The van der Waals surface area contributed by atoms with Crippen molar-refractivity contribution in [2.75, 3.05) is 6.61 Å². The normalized spacial score (nSPS) is 11.3. The molecule has 0 unspecified atom stereocenters. The van der Waals surface area contributed by atoms with E-state index >= 15 is 0 Å². The van der Waals surface area contributed by atoms with Crippen LogP contribution >= 0.6 is 12.2 Å². The molecular formula is C19H28N4OS. The molecule has 1 aromatic heterocycles. The summed E-state index contributed by atoms with van der Waals surface area (Å²) in [6.45, 7) is 5.10. The maximum absolute atomic E-state index is 5.93. The Balaban J connectivity index is 2.06. The largest absolute Gasteiger partial charge is 0.493 e. The molecule has 1 aromatic carbocycles. The van der Waals surface area contributed by atoms with E-state index in [-0.39, 0.29) is 0 Å². The van der Waals surface area contributed by atoms with Crippen LogP contribution in [0.25, 0.3) is 0 Å². The Hall–Kier alpha value is -1.95. The SMILES string of the molecule is CCCCCCOc1ccccc1/C=N/n1c(CCCC)n[nH]c1=S. The monoisotopic (exact) mass is 360 g/mol. The Bertz CT molecular complexity index is 720. The second-order valence-corrected chi connectivity index (χ2v) is 6.44. The van der Waals surface area contributed by atoms with Gasteiger partial charge in [-0.05, 0) is 37.2 Å². The van der Waals surface area contributed by atoms with Gasteiger partial charge in [0.2, 0.25) is 4.77 Å². The van der Waals surface area contributed by atoms with Crippen molar-refractivity contribution in [3.05, 3.63) is 40.4 Å². The Morgan fingerprint density at radius 2 is 1.96 bits per heavy atom. The zero-order valence-electron chi connectivity index (χ0n) is 15.2. The maximum atomic E-state index is 5.93. The number of aromatic amines is 1. The van der Waals surface area contributed by atoms with Crippen molar-refractivity contribution < 1.29 is 4.74 Å². The van der Waals surface area contributed by atoms with Gasteiger partial charge < -0.3 is 4.74 Å². The molecule has 5 nitrogen and oxygen atoms in total. The van der Waals surface area contributed by atoms with Gasteiger partial charge in [0.1, 0.15) is 5.75 Å². The van der Waals surface area contributed by atoms with E-state index in [1.165, 1.54) is 19.3 Å². The Labute approximate surface area is 155 Å². The second-order valence-electron chi connectivity index (χ2n) is 6.05. The van der Waals surface area contributed by atoms with Crippen LogP contribution in [0, 0.1) is 4.77 Å². The number of hydrogen-bond donors (Lipinski definition) is 1. The summed E-state index contributed by atoms with van der Waals surface area (Å²) in [4.78, 5) is 0. The van der Waals surface area contributed by atoms with Gasteiger partial charge in [-0.1, -0.05) is 51.7 Å². The number of benzene rings is 1. The lowest BCUT2D eigenvalue weighted by atomic mass is 10.2. The van der Waals surface area contributed by atoms with Gasteiger partial charge in [-0.15, -0.1) is 0 Å². The fourth-order valence-corrected chi connectivity index (χ4v) is 2.69. The van der Waals surface area contributed by atoms with Crippen LogP contribution in [-0.2, 0) is 6.42 Å². The summed E-state index contributed by atoms with van der Waals surface area (Å²) in [6.07, 6.45) is 9.59. The third kappa shape index (κ3) is 6.12. The van der Waals surface area contributed by atoms with Crippen LogP contribution in [0.15, 0.2) is 29.4 Å². The van der Waals surface area contributed by atoms with Gasteiger partial charge in [-0.3, -0.25) is 5.10 Å². The summed E-state index contributed by atoms with van der Waals surface area (Å²) in [6, 6.07) is 7.95. The van der Waals surface area contributed by atoms with Gasteiger partial charge in [0, 0.05) is 12.0 Å². The highest BCUT2D eigenvalue weighted by atomic mass is 32.1. The first-order chi connectivity index (χ1) is 12.3. The van der Waals surface area contributed by atoms with Crippen molar-refractivity contribution in [1.29, 1.82) is 0 Å². The van der Waals surface area contributed by atoms with Crippen LogP contribution < -0.4 is 4.74 Å². The highest BCUT2D eigenvalue weighted by Gasteiger charge is 2.05. The van der Waals surface area contributed by atoms with E-state index in [0.717, 1.165) is 49.4 Å². The van der Waals surface area contributed by atoms with Crippen molar-refractivity contribution in [2.45, 2.75) is 58.8 Å². The number of hydrogen-bond acceptors (Lipinski definition) is 4. The summed E-state index contributed by atoms with van der Waals surface area (Å²) in [5.41, 5.74) is 0.947. The molecule has 0 fully saturated rings. The van der Waals surface area contributed by atoms with Gasteiger partial charge >= 0.3 is 0 Å². The predicted molar refractivity (Wildman–Crippen MR) is 105 cm³/mol. The van der Waals surface area contributed by atoms with Crippen molar-refractivity contribution >= 4 is 18.4 Å². The molecule has 2 rings (SSSR count). The predicted octanol–water partition coefficient (Wildman–Crippen LogP) is 5.12. The van der Waals surface area contributed by atoms with Crippen LogP contribution in [-0.4, -0.2) is 27.7 Å². The first-order valence-electron chi connectivity index (χ1n) is 9.18. The number of ether oxygens (including phenoxy) is 1. The first kappa shape index (κ1) is 19.4. The van der Waals surface area contributed by atoms with Gasteiger partial charge in [-0.2, -0.15) is 14.9 Å². The molecule has 0 aliphatic carbocycles. The number of H-pyrrole nitrogens is 1. The van der Waals surface area contributed by atoms with Gasteiger partial charge in [0.15, 0.2) is 5.82 Å². The summed E-state index contributed by atoms with van der Waals surface area (Å²) in [5.74, 6) is 1.72. The lowest BCUT2D eigenvalue weighted by Crippen LogP contribution is -2.02. The van der Waals surface area contributed by atoms with Crippen LogP contribution in [0.4, 0.5) is 0 Å². The van der Waals surface area contributed by atoms with Gasteiger partial charge in [0.25, 0.3) is 0 Å². The summed E-state index contributed by atoms with van der Waals surface area (Å²) in [7, 11) is 0. The molecule has 0 amide bonds. The minimum Gasteiger partial charge on any atom is -0.493 e. The summed E-state index contributed by atoms with van der Waals surface area (Å²) in [5, 5.41) is 11.6. The smallest absolute Gasteiger partial charge is 0.216 e. The fraction of sp³-hybridized carbons (Fsp3) is 0.526. The molecule has 1 heterocycles. The fourth-order valence-electron chi connectivity index (χ4n) is 2.49. The molecule has 0 atom stereocenters. The van der Waals surface area contributed by atoms with Crippen LogP contribution in [0.5, 0.6) is 5.75 Å². The lowest BCUT2D eigenvalue weighted by Gasteiger charge is -2.08. The van der Waals surface area contributed by atoms with E-state index < -0.39 is 0 Å². The molecule has 0 saturated heterocycles. The molecule has 0 aliphatic heterocycles. The Kier molecular flexibility index (Phi) is 8.39. The lowest BCUT2D eigenvalue weighted by molar-refractivity contribution is 0.304. The minimum absolute atomic E-state index is 0.514. The second kappa shape index (κ2) is 10.8. The van der Waals surface area contributed by atoms with Crippen molar-refractivity contribution in [3.8, 4) is 5.75 Å². The van der Waals surface area contributed by atoms with E-state index in [0.29, 0.717) is 4.77 Å². The highest BCUT2D eigenvalue weighted by molar-refractivity contribution is 7.71. The van der Waals surface area contributed by atoms with E-state index in [4.69, 9.17) is 17.0 Å². The van der Waals surface area contributed by atoms with E-state index in [1.807, 2.05) is 24.3 Å². The topological polar surface area (TPSA) is 55.2 Å². The molecule has 0 aliphatic rings. The van der Waals surface area contributed by atoms with Gasteiger partial charge in [0.05, 0.1) is 12.8 Å². The zero-order chi connectivity index (χ0) is 17.9. The molecule has 136 valence electrons. The summed E-state index contributed by atoms with van der Waals surface area (Å²) >= 11 is 5.28. The number of aryl methyl sites for hydroxylation is 1. The van der Waals surface area contributed by atoms with Crippen LogP contribution in [0.1, 0.15) is 63.8 Å². The molecule has 25 heavy (non-hydrogen) atoms. The number of para-hydroxylation sites is 1. The van der Waals surface area contributed by atoms with E-state index in [2.05, 4.69) is 29.1 Å². The van der Waals surface area contributed by atoms with Crippen LogP contribution in [0.3, 0.4) is 0 Å². The molecule has 0 bridgehead atoms. The third-order valence-electron chi connectivity index (χ3n) is 3.96. The van der Waals surface area contributed by atoms with Crippen molar-refractivity contribution in [3.63, 3.8) is 0 Å². The number of unbranched alkanes of at least 4 members (excludes halogenated alkanes) is 4. The molecule has 6 heteroatoms. The average molecular weight is 361 g/mol. The molecule has 0 radical (unpaired) electrons. The number of nitrogens with one attached hydrogen (secondary N) is 1. The molecule has 0 spiro atoms. The first-order valence-corrected chi connectivity index (χ1v) is 9.59. The third-order valence-corrected chi connectivity index (χ3v) is 4.22. The van der Waals surface area contributed by atoms with Crippen LogP contribution in [0.2, 0.25) is 0 Å². The molecule has 2 aromatic rings. The molecule has 1 N–H and O–H groups in total. The van der Waals surface area contributed by atoms with Gasteiger partial charge in [-0.25, -0.2) is 0 Å². The van der Waals surface area contributed by atoms with E-state index in [1.54, 1.807) is 10.9 Å². The molecule has 0 saturated carbocycles. The van der Waals surface area contributed by atoms with E-state index in [9.17, 15) is 0 Å². The minimum atomic E-state index is 0.514. The number of nitrogens with zero attached hydrogens (tertiary/aromatic N) is 3. The highest BCUT2D eigenvalue weighted by Crippen LogP contribution is 2.17. The average Bonchev–Trinajstić information content (AvgIpc) is 2.98. The standard InChI is InChI=1S/C19H28N4OS/c1-3-5-7-10-14-24-17-12-9-8-11-16(17)15-20-23-18(13-6-4-2)21-22-19(23)25/h8-9,11-12,15H,3-7,10,13-14H2,1-2H3,(H,22,25)/b20-15+. The number of rotatable bonds is 11. The van der Waals surface area contributed by atoms with Crippen molar-refractivity contribution in [2.24, 2.45) is 5.10 Å².